The van der Waals surface area contributed by atoms with Crippen molar-refractivity contribution < 1.29 is 9.53 Å². The van der Waals surface area contributed by atoms with Gasteiger partial charge in [-0.25, -0.2) is 4.98 Å². The second-order valence-corrected chi connectivity index (χ2v) is 5.16. The number of pyridine rings is 1. The summed E-state index contributed by atoms with van der Waals surface area (Å²) in [5.74, 6) is 0.899. The van der Waals surface area contributed by atoms with E-state index in [1.54, 1.807) is 0 Å². The monoisotopic (exact) mass is 282 g/mol. The maximum absolute atomic E-state index is 11.7. The molecule has 0 radical (unpaired) electrons. The van der Waals surface area contributed by atoms with Gasteiger partial charge in [-0.15, -0.1) is 0 Å². The molecule has 0 amide bonds. The van der Waals surface area contributed by atoms with Gasteiger partial charge in [-0.3, -0.25) is 4.79 Å². The van der Waals surface area contributed by atoms with Crippen LogP contribution in [-0.2, 0) is 9.53 Å². The van der Waals surface area contributed by atoms with Gasteiger partial charge in [-0.2, -0.15) is 0 Å². The Hall–Kier alpha value is -1.29. The highest BCUT2D eigenvalue weighted by Gasteiger charge is 2.26. The number of hydrogen-bond acceptors (Lipinski definition) is 4. The Morgan fingerprint density at radius 1 is 1.47 bits per heavy atom. The number of piperidine rings is 1. The van der Waals surface area contributed by atoms with Crippen LogP contribution in [-0.4, -0.2) is 30.6 Å². The van der Waals surface area contributed by atoms with Gasteiger partial charge in [0.1, 0.15) is 5.82 Å². The van der Waals surface area contributed by atoms with Gasteiger partial charge in [0.2, 0.25) is 0 Å². The van der Waals surface area contributed by atoms with Gasteiger partial charge in [0, 0.05) is 13.1 Å². The zero-order chi connectivity index (χ0) is 13.8. The molecule has 2 heterocycles. The number of aromatic nitrogens is 1. The first-order chi connectivity index (χ1) is 9.11. The molecule has 1 fully saturated rings. The molecule has 0 aliphatic carbocycles. The fourth-order valence-electron chi connectivity index (χ4n) is 2.31. The summed E-state index contributed by atoms with van der Waals surface area (Å²) in [6.45, 7) is 5.86. The van der Waals surface area contributed by atoms with Crippen LogP contribution in [0.25, 0.3) is 0 Å². The Kier molecular flexibility index (Phi) is 4.64. The molecule has 1 aliphatic heterocycles. The number of carbonyl (C=O) groups excluding carboxylic acids is 1. The molecule has 1 aromatic heterocycles. The Bertz CT molecular complexity index is 457. The smallest absolute Gasteiger partial charge is 0.309 e. The van der Waals surface area contributed by atoms with E-state index < -0.39 is 0 Å². The Balaban J connectivity index is 1.96. The van der Waals surface area contributed by atoms with Crippen LogP contribution >= 0.6 is 11.6 Å². The second kappa shape index (κ2) is 6.24. The summed E-state index contributed by atoms with van der Waals surface area (Å²) in [5, 5.41) is 0.685. The van der Waals surface area contributed by atoms with Gasteiger partial charge >= 0.3 is 5.97 Å². The zero-order valence-electron chi connectivity index (χ0n) is 11.4. The molecule has 104 valence electrons. The lowest BCUT2D eigenvalue weighted by atomic mass is 9.97. The lowest BCUT2D eigenvalue weighted by Gasteiger charge is -2.31. The molecule has 1 saturated heterocycles. The van der Waals surface area contributed by atoms with Crippen LogP contribution in [0.15, 0.2) is 12.1 Å². The molecule has 0 spiro atoms. The highest BCUT2D eigenvalue weighted by Crippen LogP contribution is 2.24. The molecule has 0 saturated carbocycles. The van der Waals surface area contributed by atoms with Gasteiger partial charge in [-0.05, 0) is 38.8 Å². The summed E-state index contributed by atoms with van der Waals surface area (Å²) < 4.78 is 5.07. The number of hydrogen-bond donors (Lipinski definition) is 0. The fourth-order valence-corrected chi connectivity index (χ4v) is 2.42. The van der Waals surface area contributed by atoms with E-state index in [4.69, 9.17) is 16.3 Å². The van der Waals surface area contributed by atoms with Crippen LogP contribution in [0.1, 0.15) is 25.5 Å². The molecule has 1 aromatic rings. The summed E-state index contributed by atoms with van der Waals surface area (Å²) >= 11 is 5.98. The van der Waals surface area contributed by atoms with Crippen molar-refractivity contribution in [2.24, 2.45) is 5.92 Å². The lowest BCUT2D eigenvalue weighted by molar-refractivity contribution is -0.148. The van der Waals surface area contributed by atoms with Gasteiger partial charge in [0.25, 0.3) is 0 Å². The summed E-state index contributed by atoms with van der Waals surface area (Å²) in [6.07, 6.45) is 1.64. The van der Waals surface area contributed by atoms with E-state index in [2.05, 4.69) is 9.88 Å². The predicted octanol–water partition coefficient (Wildman–Crippen LogP) is 2.82. The van der Waals surface area contributed by atoms with Gasteiger partial charge in [0.05, 0.1) is 23.2 Å². The maximum atomic E-state index is 11.7. The molecule has 0 N–H and O–H groups in total. The lowest BCUT2D eigenvalue weighted by Crippen LogP contribution is -2.37. The Labute approximate surface area is 118 Å². The van der Waals surface area contributed by atoms with E-state index in [-0.39, 0.29) is 11.9 Å². The van der Waals surface area contributed by atoms with E-state index in [9.17, 15) is 4.79 Å². The van der Waals surface area contributed by atoms with Gasteiger partial charge in [-0.1, -0.05) is 11.6 Å². The summed E-state index contributed by atoms with van der Waals surface area (Å²) in [5.41, 5.74) is 0.840. The first-order valence-electron chi connectivity index (χ1n) is 6.66. The molecule has 0 aromatic carbocycles. The predicted molar refractivity (Wildman–Crippen MR) is 75.6 cm³/mol. The topological polar surface area (TPSA) is 42.4 Å². The van der Waals surface area contributed by atoms with E-state index in [1.165, 1.54) is 0 Å². The van der Waals surface area contributed by atoms with Crippen molar-refractivity contribution in [1.82, 2.24) is 4.98 Å². The number of anilines is 1. The molecular weight excluding hydrogens is 264 g/mol. The number of ether oxygens (including phenoxy) is 1. The highest BCUT2D eigenvalue weighted by atomic mass is 35.5. The minimum atomic E-state index is -0.0672. The van der Waals surface area contributed by atoms with Crippen LogP contribution < -0.4 is 4.90 Å². The SMILES string of the molecule is CCOC(=O)C1CCN(c2ccc(Cl)c(C)n2)CC1. The molecular formula is C14H19ClN2O2. The van der Waals surface area contributed by atoms with Crippen molar-refractivity contribution >= 4 is 23.4 Å². The maximum Gasteiger partial charge on any atom is 0.309 e. The van der Waals surface area contributed by atoms with Crippen molar-refractivity contribution in [3.05, 3.63) is 22.8 Å². The van der Waals surface area contributed by atoms with E-state index in [0.29, 0.717) is 11.6 Å². The molecule has 2 rings (SSSR count). The summed E-state index contributed by atoms with van der Waals surface area (Å²) in [6, 6.07) is 3.80. The third-order valence-corrected chi connectivity index (χ3v) is 3.84. The van der Waals surface area contributed by atoms with Crippen LogP contribution in [0.4, 0.5) is 5.82 Å². The van der Waals surface area contributed by atoms with Crippen LogP contribution in [0.3, 0.4) is 0 Å². The van der Waals surface area contributed by atoms with Crippen molar-refractivity contribution in [2.75, 3.05) is 24.6 Å². The Morgan fingerprint density at radius 2 is 2.16 bits per heavy atom. The number of halogens is 1. The van der Waals surface area contributed by atoms with Gasteiger partial charge < -0.3 is 9.64 Å². The van der Waals surface area contributed by atoms with Crippen LogP contribution in [0.2, 0.25) is 5.02 Å². The molecule has 1 aliphatic rings. The van der Waals surface area contributed by atoms with E-state index in [0.717, 1.165) is 37.4 Å². The average Bonchev–Trinajstić information content (AvgIpc) is 2.42. The normalized spacial score (nSPS) is 16.5. The fraction of sp³-hybridized carbons (Fsp3) is 0.571. The standard InChI is InChI=1S/C14H19ClN2O2/c1-3-19-14(18)11-6-8-17(9-7-11)13-5-4-12(15)10(2)16-13/h4-5,11H,3,6-9H2,1-2H3. The van der Waals surface area contributed by atoms with Crippen molar-refractivity contribution in [2.45, 2.75) is 26.7 Å². The van der Waals surface area contributed by atoms with Gasteiger partial charge in [0.15, 0.2) is 0 Å². The summed E-state index contributed by atoms with van der Waals surface area (Å²) in [4.78, 5) is 18.3. The third kappa shape index (κ3) is 3.38. The average molecular weight is 283 g/mol. The molecule has 5 heteroatoms. The highest BCUT2D eigenvalue weighted by molar-refractivity contribution is 6.31. The molecule has 0 atom stereocenters. The number of carbonyl (C=O) groups is 1. The Morgan fingerprint density at radius 3 is 2.74 bits per heavy atom. The van der Waals surface area contributed by atoms with Crippen molar-refractivity contribution in [3.63, 3.8) is 0 Å². The summed E-state index contributed by atoms with van der Waals surface area (Å²) in [7, 11) is 0. The van der Waals surface area contributed by atoms with E-state index in [1.807, 2.05) is 26.0 Å². The third-order valence-electron chi connectivity index (χ3n) is 3.45. The largest absolute Gasteiger partial charge is 0.466 e. The minimum absolute atomic E-state index is 0.0320. The molecule has 19 heavy (non-hydrogen) atoms. The molecule has 0 bridgehead atoms. The number of aryl methyl sites for hydroxylation is 1. The van der Waals surface area contributed by atoms with E-state index >= 15 is 0 Å². The zero-order valence-corrected chi connectivity index (χ0v) is 12.1. The number of rotatable bonds is 3. The quantitative estimate of drug-likeness (QED) is 0.800. The first kappa shape index (κ1) is 14.1. The number of nitrogens with zero attached hydrogens (tertiary/aromatic N) is 2. The first-order valence-corrected chi connectivity index (χ1v) is 7.04. The molecule has 4 nitrogen and oxygen atoms in total. The minimum Gasteiger partial charge on any atom is -0.466 e. The van der Waals surface area contributed by atoms with Crippen LogP contribution in [0.5, 0.6) is 0 Å². The van der Waals surface area contributed by atoms with Crippen LogP contribution in [0, 0.1) is 12.8 Å². The second-order valence-electron chi connectivity index (χ2n) is 4.75. The molecule has 0 unspecified atom stereocenters. The number of esters is 1. The van der Waals surface area contributed by atoms with Crippen molar-refractivity contribution in [1.29, 1.82) is 0 Å². The van der Waals surface area contributed by atoms with Crippen molar-refractivity contribution in [3.8, 4) is 0 Å².